The number of rotatable bonds is 5. The fourth-order valence-electron chi connectivity index (χ4n) is 2.86. The molecule has 1 aromatic heterocycles. The predicted molar refractivity (Wildman–Crippen MR) is 102 cm³/mol. The third-order valence-electron chi connectivity index (χ3n) is 4.52. The smallest absolute Gasteiger partial charge is 0.326 e. The zero-order valence-electron chi connectivity index (χ0n) is 15.5. The van der Waals surface area contributed by atoms with Crippen LogP contribution in [0.1, 0.15) is 28.9 Å². The summed E-state index contributed by atoms with van der Waals surface area (Å²) < 4.78 is 40.5. The second-order valence-corrected chi connectivity index (χ2v) is 6.86. The Balaban J connectivity index is 1.50. The molecular weight excluding hydrogens is 399 g/mol. The average molecular weight is 415 g/mol. The lowest BCUT2D eigenvalue weighted by molar-refractivity contribution is -0.137. The van der Waals surface area contributed by atoms with E-state index in [0.29, 0.717) is 11.4 Å². The molecule has 4 rings (SSSR count). The molecule has 0 bridgehead atoms. The van der Waals surface area contributed by atoms with Crippen molar-refractivity contribution in [1.29, 1.82) is 0 Å². The number of carbonyl (C=O) groups excluding carboxylic acids is 2. The van der Waals surface area contributed by atoms with Crippen molar-refractivity contribution in [1.82, 2.24) is 15.0 Å². The van der Waals surface area contributed by atoms with Gasteiger partial charge in [0, 0.05) is 17.3 Å². The summed E-state index contributed by atoms with van der Waals surface area (Å²) >= 11 is 0. The SMILES string of the molecule is O=C(Nc1cccc(NC(=O)C2CC2)c1)c1cn(-c2ccccc2C(F)(F)F)nn1. The number of aromatic nitrogens is 3. The van der Waals surface area contributed by atoms with Gasteiger partial charge < -0.3 is 10.6 Å². The van der Waals surface area contributed by atoms with E-state index >= 15 is 0 Å². The van der Waals surface area contributed by atoms with E-state index in [0.717, 1.165) is 29.8 Å². The molecule has 3 aromatic rings. The molecule has 1 heterocycles. The molecule has 30 heavy (non-hydrogen) atoms. The summed E-state index contributed by atoms with van der Waals surface area (Å²) in [5.41, 5.74) is -0.340. The van der Waals surface area contributed by atoms with Crippen molar-refractivity contribution in [3.8, 4) is 5.69 Å². The highest BCUT2D eigenvalue weighted by atomic mass is 19.4. The van der Waals surface area contributed by atoms with Crippen LogP contribution < -0.4 is 10.6 Å². The minimum absolute atomic E-state index is 0.0397. The summed E-state index contributed by atoms with van der Waals surface area (Å²) in [7, 11) is 0. The standard InChI is InChI=1S/C20H16F3N5O2/c21-20(22,23)15-6-1-2-7-17(15)28-11-16(26-27-28)19(30)25-14-5-3-4-13(10-14)24-18(29)12-8-9-12/h1-7,10-12H,8-9H2,(H,24,29)(H,25,30). The monoisotopic (exact) mass is 415 g/mol. The Kier molecular flexibility index (Phi) is 4.98. The lowest BCUT2D eigenvalue weighted by Gasteiger charge is -2.11. The van der Waals surface area contributed by atoms with Crippen LogP contribution >= 0.6 is 0 Å². The summed E-state index contributed by atoms with van der Waals surface area (Å²) in [6, 6.07) is 11.4. The van der Waals surface area contributed by atoms with Crippen LogP contribution in [0.2, 0.25) is 0 Å². The number of carbonyl (C=O) groups is 2. The molecule has 0 saturated heterocycles. The Labute approximate surface area is 168 Å². The van der Waals surface area contributed by atoms with E-state index in [1.807, 2.05) is 0 Å². The summed E-state index contributed by atoms with van der Waals surface area (Å²) in [5.74, 6) is -0.668. The van der Waals surface area contributed by atoms with Crippen LogP contribution in [-0.4, -0.2) is 26.8 Å². The van der Waals surface area contributed by atoms with Gasteiger partial charge in [-0.15, -0.1) is 5.10 Å². The number of halogens is 3. The minimum atomic E-state index is -4.57. The number of amides is 2. The van der Waals surface area contributed by atoms with Crippen LogP contribution in [-0.2, 0) is 11.0 Å². The van der Waals surface area contributed by atoms with E-state index in [1.165, 1.54) is 18.2 Å². The van der Waals surface area contributed by atoms with Gasteiger partial charge in [-0.3, -0.25) is 9.59 Å². The maximum atomic E-state index is 13.2. The number of anilines is 2. The first-order chi connectivity index (χ1) is 14.3. The van der Waals surface area contributed by atoms with Gasteiger partial charge in [0.25, 0.3) is 5.91 Å². The van der Waals surface area contributed by atoms with Crippen LogP contribution in [0.25, 0.3) is 5.69 Å². The number of para-hydroxylation sites is 1. The fourth-order valence-corrected chi connectivity index (χ4v) is 2.86. The molecule has 2 aromatic carbocycles. The Hall–Kier alpha value is -3.69. The molecule has 7 nitrogen and oxygen atoms in total. The van der Waals surface area contributed by atoms with Gasteiger partial charge in [-0.25, -0.2) is 4.68 Å². The van der Waals surface area contributed by atoms with E-state index in [1.54, 1.807) is 24.3 Å². The topological polar surface area (TPSA) is 88.9 Å². The van der Waals surface area contributed by atoms with Crippen molar-refractivity contribution in [2.75, 3.05) is 10.6 Å². The maximum Gasteiger partial charge on any atom is 0.418 e. The molecule has 1 saturated carbocycles. The lowest BCUT2D eigenvalue weighted by Crippen LogP contribution is -2.15. The van der Waals surface area contributed by atoms with Crippen LogP contribution in [0, 0.1) is 5.92 Å². The molecule has 0 aliphatic heterocycles. The van der Waals surface area contributed by atoms with Crippen molar-refractivity contribution in [2.45, 2.75) is 19.0 Å². The first kappa shape index (κ1) is 19.6. The zero-order chi connectivity index (χ0) is 21.3. The number of alkyl halides is 3. The first-order valence-electron chi connectivity index (χ1n) is 9.12. The van der Waals surface area contributed by atoms with Gasteiger partial charge in [0.1, 0.15) is 0 Å². The first-order valence-corrected chi connectivity index (χ1v) is 9.12. The quantitative estimate of drug-likeness (QED) is 0.662. The van der Waals surface area contributed by atoms with Crippen LogP contribution in [0.5, 0.6) is 0 Å². The van der Waals surface area contributed by atoms with Gasteiger partial charge in [0.15, 0.2) is 5.69 Å². The fraction of sp³-hybridized carbons (Fsp3) is 0.200. The molecule has 0 radical (unpaired) electrons. The second kappa shape index (κ2) is 7.62. The molecular formula is C20H16F3N5O2. The zero-order valence-corrected chi connectivity index (χ0v) is 15.5. The molecule has 0 unspecified atom stereocenters. The van der Waals surface area contributed by atoms with Crippen LogP contribution in [0.4, 0.5) is 24.5 Å². The molecule has 10 heteroatoms. The molecule has 0 spiro atoms. The van der Waals surface area contributed by atoms with Gasteiger partial charge in [-0.05, 0) is 43.2 Å². The number of hydrogen-bond acceptors (Lipinski definition) is 4. The molecule has 2 N–H and O–H groups in total. The Morgan fingerprint density at radius 2 is 1.70 bits per heavy atom. The third-order valence-corrected chi connectivity index (χ3v) is 4.52. The van der Waals surface area contributed by atoms with Crippen molar-refractivity contribution in [2.24, 2.45) is 5.92 Å². The minimum Gasteiger partial charge on any atom is -0.326 e. The third kappa shape index (κ3) is 4.32. The lowest BCUT2D eigenvalue weighted by atomic mass is 10.1. The molecule has 1 aliphatic carbocycles. The van der Waals surface area contributed by atoms with Gasteiger partial charge in [-0.2, -0.15) is 13.2 Å². The van der Waals surface area contributed by atoms with Gasteiger partial charge in [-0.1, -0.05) is 23.4 Å². The van der Waals surface area contributed by atoms with E-state index in [2.05, 4.69) is 20.9 Å². The Morgan fingerprint density at radius 3 is 2.40 bits per heavy atom. The Bertz CT molecular complexity index is 1110. The van der Waals surface area contributed by atoms with Gasteiger partial charge in [0.2, 0.25) is 5.91 Å². The van der Waals surface area contributed by atoms with Gasteiger partial charge >= 0.3 is 6.18 Å². The molecule has 154 valence electrons. The number of nitrogens with zero attached hydrogens (tertiary/aromatic N) is 3. The van der Waals surface area contributed by atoms with E-state index in [9.17, 15) is 22.8 Å². The highest BCUT2D eigenvalue weighted by molar-refractivity contribution is 6.03. The highest BCUT2D eigenvalue weighted by Gasteiger charge is 2.34. The molecule has 0 atom stereocenters. The number of nitrogens with one attached hydrogen (secondary N) is 2. The average Bonchev–Trinajstić information content (AvgIpc) is 3.44. The highest BCUT2D eigenvalue weighted by Crippen LogP contribution is 2.33. The summed E-state index contributed by atoms with van der Waals surface area (Å²) in [6.45, 7) is 0. The largest absolute Gasteiger partial charge is 0.418 e. The molecule has 2 amide bonds. The summed E-state index contributed by atoms with van der Waals surface area (Å²) in [4.78, 5) is 24.3. The van der Waals surface area contributed by atoms with Crippen LogP contribution in [0.3, 0.4) is 0 Å². The molecule has 1 fully saturated rings. The van der Waals surface area contributed by atoms with Gasteiger partial charge in [0.05, 0.1) is 17.4 Å². The van der Waals surface area contributed by atoms with E-state index in [-0.39, 0.29) is 23.2 Å². The molecule has 1 aliphatic rings. The van der Waals surface area contributed by atoms with Crippen molar-refractivity contribution in [3.05, 3.63) is 66.0 Å². The van der Waals surface area contributed by atoms with Crippen molar-refractivity contribution < 1.29 is 22.8 Å². The number of hydrogen-bond donors (Lipinski definition) is 2. The summed E-state index contributed by atoms with van der Waals surface area (Å²) in [6.07, 6.45) is -1.71. The summed E-state index contributed by atoms with van der Waals surface area (Å²) in [5, 5.41) is 12.7. The van der Waals surface area contributed by atoms with Crippen molar-refractivity contribution in [3.63, 3.8) is 0 Å². The van der Waals surface area contributed by atoms with E-state index in [4.69, 9.17) is 0 Å². The van der Waals surface area contributed by atoms with E-state index < -0.39 is 17.6 Å². The van der Waals surface area contributed by atoms with Crippen molar-refractivity contribution >= 4 is 23.2 Å². The normalized spacial score (nSPS) is 13.7. The second-order valence-electron chi connectivity index (χ2n) is 6.86. The van der Waals surface area contributed by atoms with Crippen LogP contribution in [0.15, 0.2) is 54.7 Å². The maximum absolute atomic E-state index is 13.2. The number of benzene rings is 2. The Morgan fingerprint density at radius 1 is 1.00 bits per heavy atom. The predicted octanol–water partition coefficient (Wildman–Crippen LogP) is 3.89.